The molecule has 1 amide bonds. The van der Waals surface area contributed by atoms with Crippen molar-refractivity contribution in [2.75, 3.05) is 6.54 Å². The number of amides is 1. The number of nitrogens with two attached hydrogens (primary N) is 1. The molecule has 1 rings (SSSR count). The van der Waals surface area contributed by atoms with Crippen molar-refractivity contribution in [3.63, 3.8) is 0 Å². The summed E-state index contributed by atoms with van der Waals surface area (Å²) in [4.78, 5) is 22.4. The molecule has 0 aromatic rings. The van der Waals surface area contributed by atoms with Crippen LogP contribution in [0.1, 0.15) is 45.4 Å². The molecule has 0 saturated heterocycles. The third-order valence-corrected chi connectivity index (χ3v) is 3.73. The van der Waals surface area contributed by atoms with E-state index in [4.69, 9.17) is 10.8 Å². The van der Waals surface area contributed by atoms with Crippen LogP contribution in [0.5, 0.6) is 0 Å². The highest BCUT2D eigenvalue weighted by atomic mass is 16.4. The molecule has 5 heteroatoms. The van der Waals surface area contributed by atoms with E-state index in [1.165, 1.54) is 0 Å². The molecule has 0 aliphatic heterocycles. The Morgan fingerprint density at radius 3 is 2.44 bits per heavy atom. The van der Waals surface area contributed by atoms with Gasteiger partial charge in [-0.25, -0.2) is 0 Å². The smallest absolute Gasteiger partial charge is 0.303 e. The van der Waals surface area contributed by atoms with E-state index < -0.39 is 5.97 Å². The lowest BCUT2D eigenvalue weighted by molar-refractivity contribution is -0.137. The summed E-state index contributed by atoms with van der Waals surface area (Å²) in [5, 5.41) is 11.5. The fourth-order valence-electron chi connectivity index (χ4n) is 2.43. The van der Waals surface area contributed by atoms with Gasteiger partial charge < -0.3 is 16.2 Å². The maximum absolute atomic E-state index is 12.0. The molecule has 1 fully saturated rings. The number of rotatable bonds is 6. The van der Waals surface area contributed by atoms with E-state index in [0.29, 0.717) is 18.9 Å². The van der Waals surface area contributed by atoms with Gasteiger partial charge >= 0.3 is 5.97 Å². The second-order valence-corrected chi connectivity index (χ2v) is 5.30. The number of hydrogen-bond acceptors (Lipinski definition) is 3. The van der Waals surface area contributed by atoms with Crippen molar-refractivity contribution in [2.45, 2.75) is 51.5 Å². The van der Waals surface area contributed by atoms with Gasteiger partial charge in [0.25, 0.3) is 0 Å². The molecule has 1 atom stereocenters. The van der Waals surface area contributed by atoms with Crippen LogP contribution in [0.25, 0.3) is 0 Å². The molecule has 0 aromatic heterocycles. The summed E-state index contributed by atoms with van der Waals surface area (Å²) < 4.78 is 0. The van der Waals surface area contributed by atoms with Gasteiger partial charge in [0.1, 0.15) is 0 Å². The largest absolute Gasteiger partial charge is 0.481 e. The van der Waals surface area contributed by atoms with Crippen LogP contribution < -0.4 is 11.1 Å². The number of carbonyl (C=O) groups excluding carboxylic acids is 1. The van der Waals surface area contributed by atoms with Crippen LogP contribution in [0.4, 0.5) is 0 Å². The minimum atomic E-state index is -0.820. The zero-order valence-corrected chi connectivity index (χ0v) is 11.0. The molecule has 0 radical (unpaired) electrons. The second-order valence-electron chi connectivity index (χ2n) is 5.30. The van der Waals surface area contributed by atoms with Crippen LogP contribution in [-0.4, -0.2) is 29.6 Å². The maximum Gasteiger partial charge on any atom is 0.303 e. The lowest BCUT2D eigenvalue weighted by atomic mass is 9.81. The molecular formula is C13H24N2O3. The monoisotopic (exact) mass is 256 g/mol. The summed E-state index contributed by atoms with van der Waals surface area (Å²) >= 11 is 0. The zero-order valence-electron chi connectivity index (χ0n) is 11.0. The molecule has 1 unspecified atom stereocenters. The molecule has 1 aliphatic rings. The lowest BCUT2D eigenvalue weighted by Crippen LogP contribution is -2.39. The molecule has 4 N–H and O–H groups in total. The van der Waals surface area contributed by atoms with E-state index >= 15 is 0 Å². The molecule has 1 aliphatic carbocycles. The Bertz CT molecular complexity index is 286. The van der Waals surface area contributed by atoms with E-state index in [9.17, 15) is 9.59 Å². The summed E-state index contributed by atoms with van der Waals surface area (Å²) in [7, 11) is 0. The Hall–Kier alpha value is -1.10. The van der Waals surface area contributed by atoms with Gasteiger partial charge in [0, 0.05) is 18.4 Å². The maximum atomic E-state index is 12.0. The average molecular weight is 256 g/mol. The van der Waals surface area contributed by atoms with E-state index in [1.54, 1.807) is 0 Å². The molecule has 1 saturated carbocycles. The Morgan fingerprint density at radius 2 is 1.94 bits per heavy atom. The zero-order chi connectivity index (χ0) is 13.5. The van der Waals surface area contributed by atoms with Gasteiger partial charge in [-0.15, -0.1) is 0 Å². The molecule has 0 aromatic carbocycles. The minimum Gasteiger partial charge on any atom is -0.481 e. The SMILES string of the molecule is CC(CCC(=O)O)NC(=O)C1CCC(CN)CC1. The predicted molar refractivity (Wildman–Crippen MR) is 69.0 cm³/mol. The van der Waals surface area contributed by atoms with Crippen LogP contribution in [0, 0.1) is 11.8 Å². The van der Waals surface area contributed by atoms with Gasteiger partial charge in [-0.2, -0.15) is 0 Å². The van der Waals surface area contributed by atoms with Crippen molar-refractivity contribution in [1.82, 2.24) is 5.32 Å². The summed E-state index contributed by atoms with van der Waals surface area (Å²) in [6, 6.07) is -0.0687. The van der Waals surface area contributed by atoms with Crippen molar-refractivity contribution in [3.05, 3.63) is 0 Å². The number of aliphatic carboxylic acids is 1. The highest BCUT2D eigenvalue weighted by Crippen LogP contribution is 2.28. The van der Waals surface area contributed by atoms with Gasteiger partial charge in [0.05, 0.1) is 0 Å². The third-order valence-electron chi connectivity index (χ3n) is 3.73. The van der Waals surface area contributed by atoms with E-state index in [0.717, 1.165) is 25.7 Å². The van der Waals surface area contributed by atoms with Crippen molar-refractivity contribution in [3.8, 4) is 0 Å². The highest BCUT2D eigenvalue weighted by molar-refractivity contribution is 5.79. The van der Waals surface area contributed by atoms with Gasteiger partial charge in [-0.1, -0.05) is 0 Å². The summed E-state index contributed by atoms with van der Waals surface area (Å²) in [5.41, 5.74) is 5.62. The molecule has 0 spiro atoms. The standard InChI is InChI=1S/C13H24N2O3/c1-9(2-7-12(16)17)15-13(18)11-5-3-10(8-14)4-6-11/h9-11H,2-8,14H2,1H3,(H,15,18)(H,16,17). The first-order chi connectivity index (χ1) is 8.52. The Morgan fingerprint density at radius 1 is 1.33 bits per heavy atom. The van der Waals surface area contributed by atoms with Crippen LogP contribution in [0.3, 0.4) is 0 Å². The molecule has 18 heavy (non-hydrogen) atoms. The van der Waals surface area contributed by atoms with Crippen molar-refractivity contribution in [1.29, 1.82) is 0 Å². The second kappa shape index (κ2) is 7.36. The third kappa shape index (κ3) is 5.04. The Kier molecular flexibility index (Phi) is 6.12. The Labute approximate surface area is 108 Å². The van der Waals surface area contributed by atoms with Crippen molar-refractivity contribution < 1.29 is 14.7 Å². The summed E-state index contributed by atoms with van der Waals surface area (Å²) in [5.74, 6) is -0.0959. The average Bonchev–Trinajstić information content (AvgIpc) is 2.36. The first-order valence-corrected chi connectivity index (χ1v) is 6.75. The van der Waals surface area contributed by atoms with E-state index in [2.05, 4.69) is 5.32 Å². The fraction of sp³-hybridized carbons (Fsp3) is 0.846. The molecule has 5 nitrogen and oxygen atoms in total. The summed E-state index contributed by atoms with van der Waals surface area (Å²) in [6.45, 7) is 2.57. The van der Waals surface area contributed by atoms with E-state index in [1.807, 2.05) is 6.92 Å². The number of carboxylic acids is 1. The van der Waals surface area contributed by atoms with Gasteiger partial charge in [0.15, 0.2) is 0 Å². The molecular weight excluding hydrogens is 232 g/mol. The fourth-order valence-corrected chi connectivity index (χ4v) is 2.43. The highest BCUT2D eigenvalue weighted by Gasteiger charge is 2.26. The number of nitrogens with one attached hydrogen (secondary N) is 1. The topological polar surface area (TPSA) is 92.4 Å². The lowest BCUT2D eigenvalue weighted by Gasteiger charge is -2.27. The number of hydrogen-bond donors (Lipinski definition) is 3. The van der Waals surface area contributed by atoms with Crippen molar-refractivity contribution in [2.24, 2.45) is 17.6 Å². The molecule has 0 heterocycles. The first kappa shape index (κ1) is 15.0. The number of carboxylic acid groups (broad SMARTS) is 1. The molecule has 104 valence electrons. The van der Waals surface area contributed by atoms with Gasteiger partial charge in [0.2, 0.25) is 5.91 Å². The minimum absolute atomic E-state index is 0.0687. The quantitative estimate of drug-likeness (QED) is 0.664. The van der Waals surface area contributed by atoms with Crippen molar-refractivity contribution >= 4 is 11.9 Å². The van der Waals surface area contributed by atoms with Gasteiger partial charge in [-0.3, -0.25) is 9.59 Å². The number of carbonyl (C=O) groups is 2. The van der Waals surface area contributed by atoms with Gasteiger partial charge in [-0.05, 0) is 51.5 Å². The molecule has 0 bridgehead atoms. The van der Waals surface area contributed by atoms with Crippen LogP contribution in [0.2, 0.25) is 0 Å². The summed E-state index contributed by atoms with van der Waals surface area (Å²) in [6.07, 6.45) is 4.44. The first-order valence-electron chi connectivity index (χ1n) is 6.75. The normalized spacial score (nSPS) is 25.4. The van der Waals surface area contributed by atoms with Crippen LogP contribution >= 0.6 is 0 Å². The van der Waals surface area contributed by atoms with E-state index in [-0.39, 0.29) is 24.3 Å². The predicted octanol–water partition coefficient (Wildman–Crippen LogP) is 1.12. The van der Waals surface area contributed by atoms with Crippen LogP contribution in [0.15, 0.2) is 0 Å². The Balaban J connectivity index is 2.26. The van der Waals surface area contributed by atoms with Crippen LogP contribution in [-0.2, 0) is 9.59 Å².